The Balaban J connectivity index is 0.768. The summed E-state index contributed by atoms with van der Waals surface area (Å²) in [6.07, 6.45) is 10.3. The number of nitrogens with zero attached hydrogens (tertiary/aromatic N) is 4. The number of phenols is 1. The van der Waals surface area contributed by atoms with Crippen molar-refractivity contribution in [1.82, 2.24) is 15.1 Å². The number of carbonyl (C=O) groups excluding carboxylic acids is 2. The van der Waals surface area contributed by atoms with Crippen LogP contribution in [-0.4, -0.2) is 85.7 Å². The quantitative estimate of drug-likeness (QED) is 0.178. The Morgan fingerprint density at radius 1 is 0.596 bits per heavy atom. The van der Waals surface area contributed by atoms with Crippen LogP contribution in [0, 0.1) is 11.8 Å². The van der Waals surface area contributed by atoms with Gasteiger partial charge in [0.1, 0.15) is 5.75 Å². The number of fused-ring (bicyclic) bond motifs is 1. The monoisotopic (exact) mass is 765 g/mol. The van der Waals surface area contributed by atoms with E-state index in [0.29, 0.717) is 30.6 Å². The number of aryl methyl sites for hydroxylation is 1. The molecule has 298 valence electrons. The average Bonchev–Trinajstić information content (AvgIpc) is 3.25. The van der Waals surface area contributed by atoms with E-state index in [4.69, 9.17) is 0 Å². The van der Waals surface area contributed by atoms with Crippen LogP contribution >= 0.6 is 0 Å². The van der Waals surface area contributed by atoms with E-state index in [0.717, 1.165) is 69.6 Å². The first kappa shape index (κ1) is 37.9. The van der Waals surface area contributed by atoms with Crippen LogP contribution in [0.3, 0.4) is 0 Å². The van der Waals surface area contributed by atoms with Crippen molar-refractivity contribution in [3.8, 4) is 5.75 Å². The molecule has 8 heteroatoms. The minimum absolute atomic E-state index is 0.195. The number of rotatable bonds is 9. The SMILES string of the molecule is O=C1CCN(c2ccc(C3CCN(C[C@@H]4CCCC[C@H]4CN4CCN(c5ccc([C@@H]6c7ccc(O)cc7CC[C@@H]6c6ccccc6)cc5)CC4)CC3)cc2)C(=O)N1. The highest BCUT2D eigenvalue weighted by Crippen LogP contribution is 2.47. The molecular weight excluding hydrogens is 707 g/mol. The highest BCUT2D eigenvalue weighted by atomic mass is 16.3. The Morgan fingerprint density at radius 3 is 1.93 bits per heavy atom. The molecule has 3 heterocycles. The summed E-state index contributed by atoms with van der Waals surface area (Å²) >= 11 is 0. The molecule has 0 bridgehead atoms. The van der Waals surface area contributed by atoms with Gasteiger partial charge in [0.05, 0.1) is 0 Å². The zero-order valence-corrected chi connectivity index (χ0v) is 33.4. The summed E-state index contributed by atoms with van der Waals surface area (Å²) in [5.41, 5.74) is 8.96. The van der Waals surface area contributed by atoms with Crippen LogP contribution in [0.15, 0.2) is 97.1 Å². The van der Waals surface area contributed by atoms with Crippen molar-refractivity contribution >= 4 is 23.3 Å². The first-order valence-corrected chi connectivity index (χ1v) is 21.8. The maximum atomic E-state index is 12.3. The van der Waals surface area contributed by atoms with Crippen molar-refractivity contribution in [3.63, 3.8) is 0 Å². The molecular formula is C49H59N5O3. The molecule has 0 radical (unpaired) electrons. The molecule has 0 aromatic heterocycles. The predicted molar refractivity (Wildman–Crippen MR) is 228 cm³/mol. The van der Waals surface area contributed by atoms with Gasteiger partial charge < -0.3 is 14.9 Å². The summed E-state index contributed by atoms with van der Waals surface area (Å²) in [6, 6.07) is 34.6. The maximum Gasteiger partial charge on any atom is 0.328 e. The molecule has 4 aromatic carbocycles. The Morgan fingerprint density at radius 2 is 1.25 bits per heavy atom. The van der Waals surface area contributed by atoms with Crippen LogP contribution in [0.4, 0.5) is 16.2 Å². The van der Waals surface area contributed by atoms with Crippen LogP contribution in [0.5, 0.6) is 5.75 Å². The number of piperidine rings is 1. The van der Waals surface area contributed by atoms with Gasteiger partial charge in [-0.05, 0) is 140 Å². The third-order valence-electron chi connectivity index (χ3n) is 14.2. The summed E-state index contributed by atoms with van der Waals surface area (Å²) < 4.78 is 0. The number of phenolic OH excluding ortho intramolecular Hbond substituents is 1. The lowest BCUT2D eigenvalue weighted by Gasteiger charge is -2.42. The molecule has 9 rings (SSSR count). The third-order valence-corrected chi connectivity index (χ3v) is 14.2. The highest BCUT2D eigenvalue weighted by Gasteiger charge is 2.34. The number of aromatic hydroxyl groups is 1. The summed E-state index contributed by atoms with van der Waals surface area (Å²) in [5.74, 6) is 3.01. The number of hydrogen-bond donors (Lipinski definition) is 2. The van der Waals surface area contributed by atoms with Crippen LogP contribution in [-0.2, 0) is 11.2 Å². The van der Waals surface area contributed by atoms with E-state index in [1.54, 1.807) is 4.90 Å². The third kappa shape index (κ3) is 8.49. The van der Waals surface area contributed by atoms with Crippen LogP contribution in [0.25, 0.3) is 0 Å². The number of piperazine rings is 1. The minimum atomic E-state index is -0.319. The van der Waals surface area contributed by atoms with E-state index in [1.807, 2.05) is 24.3 Å². The van der Waals surface area contributed by atoms with E-state index in [-0.39, 0.29) is 17.9 Å². The van der Waals surface area contributed by atoms with Gasteiger partial charge in [0.25, 0.3) is 0 Å². The van der Waals surface area contributed by atoms with Crippen molar-refractivity contribution < 1.29 is 14.7 Å². The van der Waals surface area contributed by atoms with E-state index < -0.39 is 0 Å². The van der Waals surface area contributed by atoms with Gasteiger partial charge in [-0.2, -0.15) is 0 Å². The molecule has 0 unspecified atom stereocenters. The van der Waals surface area contributed by atoms with Crippen molar-refractivity contribution in [3.05, 3.63) is 125 Å². The van der Waals surface area contributed by atoms with Crippen LogP contribution in [0.2, 0.25) is 0 Å². The van der Waals surface area contributed by atoms with E-state index >= 15 is 0 Å². The van der Waals surface area contributed by atoms with Gasteiger partial charge in [0, 0.05) is 69.5 Å². The van der Waals surface area contributed by atoms with Gasteiger partial charge in [-0.1, -0.05) is 73.5 Å². The van der Waals surface area contributed by atoms with Gasteiger partial charge in [0.2, 0.25) is 5.91 Å². The maximum absolute atomic E-state index is 12.3. The van der Waals surface area contributed by atoms with E-state index in [2.05, 4.69) is 92.8 Å². The van der Waals surface area contributed by atoms with Gasteiger partial charge in [-0.15, -0.1) is 0 Å². The van der Waals surface area contributed by atoms with Gasteiger partial charge in [0.15, 0.2) is 0 Å². The number of carbonyl (C=O) groups is 2. The van der Waals surface area contributed by atoms with E-state index in [1.165, 1.54) is 85.1 Å². The largest absolute Gasteiger partial charge is 0.508 e. The van der Waals surface area contributed by atoms with Crippen molar-refractivity contribution in [2.75, 3.05) is 68.7 Å². The number of imide groups is 1. The second-order valence-electron chi connectivity index (χ2n) is 17.5. The van der Waals surface area contributed by atoms with Gasteiger partial charge in [-0.3, -0.25) is 19.9 Å². The zero-order chi connectivity index (χ0) is 38.7. The second kappa shape index (κ2) is 17.1. The number of urea groups is 1. The fourth-order valence-electron chi connectivity index (χ4n) is 11.0. The van der Waals surface area contributed by atoms with Crippen molar-refractivity contribution in [2.24, 2.45) is 11.8 Å². The smallest absolute Gasteiger partial charge is 0.328 e. The van der Waals surface area contributed by atoms with Crippen molar-refractivity contribution in [2.45, 2.75) is 75.5 Å². The normalized spacial score (nSPS) is 25.3. The summed E-state index contributed by atoms with van der Waals surface area (Å²) in [7, 11) is 0. The highest BCUT2D eigenvalue weighted by molar-refractivity contribution is 6.05. The lowest BCUT2D eigenvalue weighted by molar-refractivity contribution is -0.120. The summed E-state index contributed by atoms with van der Waals surface area (Å²) in [5, 5.41) is 12.7. The molecule has 4 aromatic rings. The molecule has 0 spiro atoms. The van der Waals surface area contributed by atoms with Gasteiger partial charge >= 0.3 is 6.03 Å². The fourth-order valence-corrected chi connectivity index (χ4v) is 11.0. The molecule has 5 aliphatic rings. The van der Waals surface area contributed by atoms with E-state index in [9.17, 15) is 14.7 Å². The molecule has 4 atom stereocenters. The summed E-state index contributed by atoms with van der Waals surface area (Å²) in [4.78, 5) is 33.6. The standard InChI is InChI=1S/C49H59N5O3/c55-44-19-21-46-39(32-44)14-20-45(37-6-2-1-3-7-37)48(46)38-12-15-42(16-13-38)53-30-28-52(29-31-53)34-41-9-5-4-8-40(41)33-51-25-22-36(23-26-51)35-10-17-43(18-11-35)54-27-24-47(56)50-49(54)57/h1-3,6-7,10-13,15-19,21,32,36,40-41,45,48,55H,4-5,8-9,14,20,22-31,33-34H2,(H,50,56,57)/t40-,41-,45+,48-/m0/s1. The molecule has 2 N–H and O–H groups in total. The van der Waals surface area contributed by atoms with Crippen molar-refractivity contribution in [1.29, 1.82) is 0 Å². The first-order chi connectivity index (χ1) is 27.9. The number of amides is 3. The lowest BCUT2D eigenvalue weighted by Crippen LogP contribution is -2.49. The second-order valence-corrected chi connectivity index (χ2v) is 17.5. The Bertz CT molecular complexity index is 1990. The molecule has 57 heavy (non-hydrogen) atoms. The van der Waals surface area contributed by atoms with Gasteiger partial charge in [-0.25, -0.2) is 4.79 Å². The van der Waals surface area contributed by atoms with Crippen LogP contribution in [0.1, 0.15) is 96.9 Å². The molecule has 4 fully saturated rings. The predicted octanol–water partition coefficient (Wildman–Crippen LogP) is 8.51. The first-order valence-electron chi connectivity index (χ1n) is 21.8. The average molecular weight is 766 g/mol. The number of anilines is 2. The number of hydrogen-bond acceptors (Lipinski definition) is 6. The molecule has 2 aliphatic carbocycles. The Hall–Kier alpha value is -4.66. The summed E-state index contributed by atoms with van der Waals surface area (Å²) in [6.45, 7) is 9.65. The van der Waals surface area contributed by atoms with Crippen LogP contribution < -0.4 is 15.1 Å². The number of nitrogens with one attached hydrogen (secondary N) is 1. The Labute approximate surface area is 338 Å². The topological polar surface area (TPSA) is 79.4 Å². The number of likely N-dealkylation sites (tertiary alicyclic amines) is 1. The molecule has 3 aliphatic heterocycles. The molecule has 3 amide bonds. The minimum Gasteiger partial charge on any atom is -0.508 e. The lowest BCUT2D eigenvalue weighted by atomic mass is 9.69. The zero-order valence-electron chi connectivity index (χ0n) is 33.4. The fraction of sp³-hybridized carbons (Fsp3) is 0.469. The molecule has 3 saturated heterocycles. The number of benzene rings is 4. The molecule has 8 nitrogen and oxygen atoms in total. The Kier molecular flexibility index (Phi) is 11.3. The molecule has 1 saturated carbocycles.